The molecule has 3 aliphatic rings. The van der Waals surface area contributed by atoms with Crippen molar-refractivity contribution in [1.29, 1.82) is 5.26 Å². The Bertz CT molecular complexity index is 1090. The summed E-state index contributed by atoms with van der Waals surface area (Å²) in [5.41, 5.74) is -0.253. The predicted molar refractivity (Wildman–Crippen MR) is 103 cm³/mol. The highest BCUT2D eigenvalue weighted by atomic mass is 19.4. The third-order valence-corrected chi connectivity index (χ3v) is 7.08. The van der Waals surface area contributed by atoms with E-state index >= 15 is 0 Å². The Balaban J connectivity index is 1.50. The second-order valence-corrected chi connectivity index (χ2v) is 8.96. The number of hydrogen-bond acceptors (Lipinski definition) is 5. The van der Waals surface area contributed by atoms with Gasteiger partial charge in [0.1, 0.15) is 11.9 Å². The fraction of sp³-hybridized carbons (Fsp3) is 0.571. The molecule has 5 atom stereocenters. The van der Waals surface area contributed by atoms with Crippen LogP contribution < -0.4 is 5.32 Å². The van der Waals surface area contributed by atoms with E-state index in [0.29, 0.717) is 13.1 Å². The number of nitrogens with one attached hydrogen (secondary N) is 1. The summed E-state index contributed by atoms with van der Waals surface area (Å²) in [5.74, 6) is -5.38. The zero-order valence-electron chi connectivity index (χ0n) is 17.3. The van der Waals surface area contributed by atoms with Crippen LogP contribution in [0.2, 0.25) is 0 Å². The van der Waals surface area contributed by atoms with E-state index in [-0.39, 0.29) is 41.6 Å². The van der Waals surface area contributed by atoms with Crippen molar-refractivity contribution in [2.24, 2.45) is 11.8 Å². The molecule has 1 N–H and O–H groups in total. The molecule has 5 rings (SSSR count). The number of alkyl halides is 3. The molecule has 176 valence electrons. The Hall–Kier alpha value is -2.97. The molecule has 6 nitrogen and oxygen atoms in total. The molecule has 3 heterocycles. The first-order chi connectivity index (χ1) is 15.7. The maximum absolute atomic E-state index is 14.5. The average molecular weight is 470 g/mol. The lowest BCUT2D eigenvalue weighted by Gasteiger charge is -2.35. The number of nitriles is 1. The van der Waals surface area contributed by atoms with Gasteiger partial charge >= 0.3 is 6.18 Å². The minimum Gasteiger partial charge on any atom is -0.350 e. The quantitative estimate of drug-likeness (QED) is 0.411. The monoisotopic (exact) mass is 470 g/mol. The van der Waals surface area contributed by atoms with E-state index < -0.39 is 42.0 Å². The maximum atomic E-state index is 14.5. The summed E-state index contributed by atoms with van der Waals surface area (Å²) in [6, 6.07) is -0.250. The molecule has 0 amide bonds. The van der Waals surface area contributed by atoms with Crippen LogP contribution in [-0.4, -0.2) is 45.0 Å². The molecule has 0 spiro atoms. The lowest BCUT2D eigenvalue weighted by molar-refractivity contribution is -0.175. The van der Waals surface area contributed by atoms with E-state index in [1.807, 2.05) is 0 Å². The molecule has 2 aromatic rings. The van der Waals surface area contributed by atoms with Gasteiger partial charge in [-0.3, -0.25) is 0 Å². The van der Waals surface area contributed by atoms with Crippen molar-refractivity contribution in [1.82, 2.24) is 19.7 Å². The summed E-state index contributed by atoms with van der Waals surface area (Å²) in [6.45, 7) is 1.10. The highest BCUT2D eigenvalue weighted by Gasteiger charge is 2.48. The van der Waals surface area contributed by atoms with Crippen LogP contribution in [0.1, 0.15) is 49.0 Å². The number of hydrogen-bond donors (Lipinski definition) is 1. The summed E-state index contributed by atoms with van der Waals surface area (Å²) < 4.78 is 83.6. The number of nitrogens with zero attached hydrogens (tertiary/aromatic N) is 5. The molecule has 2 fully saturated rings. The minimum absolute atomic E-state index is 0.0125. The number of anilines is 1. The maximum Gasteiger partial charge on any atom is 0.410 e. The van der Waals surface area contributed by atoms with Crippen molar-refractivity contribution in [2.75, 3.05) is 18.4 Å². The zero-order valence-corrected chi connectivity index (χ0v) is 17.3. The molecule has 1 aromatic carbocycles. The molecule has 0 radical (unpaired) electrons. The molecule has 2 bridgehead atoms. The van der Waals surface area contributed by atoms with Gasteiger partial charge in [-0.05, 0) is 43.6 Å². The normalized spacial score (nSPS) is 29.0. The topological polar surface area (TPSA) is 69.8 Å². The largest absolute Gasteiger partial charge is 0.410 e. The second-order valence-electron chi connectivity index (χ2n) is 8.96. The fourth-order valence-corrected chi connectivity index (χ4v) is 5.54. The van der Waals surface area contributed by atoms with Gasteiger partial charge in [-0.25, -0.2) is 17.9 Å². The first-order valence-electron chi connectivity index (χ1n) is 10.7. The Labute approximate surface area is 185 Å². The Kier molecular flexibility index (Phi) is 5.17. The number of piperidine rings is 1. The molecule has 1 aromatic heterocycles. The van der Waals surface area contributed by atoms with Gasteiger partial charge in [-0.15, -0.1) is 5.10 Å². The van der Waals surface area contributed by atoms with E-state index in [4.69, 9.17) is 0 Å². The summed E-state index contributed by atoms with van der Waals surface area (Å²) in [7, 11) is 0. The van der Waals surface area contributed by atoms with E-state index in [1.54, 1.807) is 4.90 Å². The molecule has 2 aliphatic heterocycles. The first kappa shape index (κ1) is 21.9. The Morgan fingerprint density at radius 3 is 2.33 bits per heavy atom. The fourth-order valence-electron chi connectivity index (χ4n) is 5.54. The average Bonchev–Trinajstić information content (AvgIpc) is 3.28. The van der Waals surface area contributed by atoms with Crippen LogP contribution in [0.15, 0.2) is 12.1 Å². The van der Waals surface area contributed by atoms with Crippen molar-refractivity contribution in [3.8, 4) is 6.19 Å². The second kappa shape index (κ2) is 7.81. The van der Waals surface area contributed by atoms with E-state index in [1.165, 1.54) is 0 Å². The summed E-state index contributed by atoms with van der Waals surface area (Å²) in [4.78, 5) is 5.95. The molecule has 3 unspecified atom stereocenters. The summed E-state index contributed by atoms with van der Waals surface area (Å²) in [5, 5.41) is 16.4. The third kappa shape index (κ3) is 3.67. The number of rotatable bonds is 3. The molecular weight excluding hydrogens is 450 g/mol. The molecule has 1 saturated heterocycles. The Morgan fingerprint density at radius 2 is 1.70 bits per heavy atom. The third-order valence-electron chi connectivity index (χ3n) is 7.08. The lowest BCUT2D eigenvalue weighted by Crippen LogP contribution is -2.46. The lowest BCUT2D eigenvalue weighted by atomic mass is 9.88. The molecule has 1 aliphatic carbocycles. The van der Waals surface area contributed by atoms with E-state index in [9.17, 15) is 31.6 Å². The van der Waals surface area contributed by atoms with Crippen LogP contribution in [0, 0.1) is 40.7 Å². The Morgan fingerprint density at radius 1 is 1.00 bits per heavy atom. The van der Waals surface area contributed by atoms with Gasteiger partial charge in [0.15, 0.2) is 23.6 Å². The highest BCUT2D eigenvalue weighted by molar-refractivity contribution is 5.35. The van der Waals surface area contributed by atoms with Crippen molar-refractivity contribution in [3.63, 3.8) is 0 Å². The molecule has 12 heteroatoms. The van der Waals surface area contributed by atoms with Crippen LogP contribution in [0.5, 0.6) is 0 Å². The van der Waals surface area contributed by atoms with E-state index in [2.05, 4.69) is 21.6 Å². The number of benzene rings is 1. The minimum atomic E-state index is -4.60. The van der Waals surface area contributed by atoms with Crippen LogP contribution in [-0.2, 0) is 0 Å². The van der Waals surface area contributed by atoms with Crippen LogP contribution in [0.4, 0.5) is 32.3 Å². The highest BCUT2D eigenvalue weighted by Crippen LogP contribution is 2.45. The van der Waals surface area contributed by atoms with Gasteiger partial charge in [-0.1, -0.05) is 6.07 Å². The van der Waals surface area contributed by atoms with E-state index in [0.717, 1.165) is 29.7 Å². The number of fused-ring (bicyclic) bond motifs is 3. The van der Waals surface area contributed by atoms with Crippen LogP contribution >= 0.6 is 0 Å². The van der Waals surface area contributed by atoms with Crippen molar-refractivity contribution < 1.29 is 26.3 Å². The first-order valence-corrected chi connectivity index (χ1v) is 10.7. The van der Waals surface area contributed by atoms with Crippen LogP contribution in [0.25, 0.3) is 0 Å². The standard InChI is InChI=1S/C21H20F6N6/c22-14-5-3-12(16(23)17(14)24)13-4-6-15(21(25,26)27)33-19(13)30-20(31-33)29-18-10-1-2-11(18)8-32(7-10)9-28/h3,5,10-11,13,15,18H,1-2,4,6-8H2,(H,29,31)/t10-,11+,13?,15?,18?. The predicted octanol–water partition coefficient (Wildman–Crippen LogP) is 4.33. The summed E-state index contributed by atoms with van der Waals surface area (Å²) >= 11 is 0. The zero-order chi connectivity index (χ0) is 23.5. The van der Waals surface area contributed by atoms with Crippen molar-refractivity contribution in [3.05, 3.63) is 41.0 Å². The van der Waals surface area contributed by atoms with Gasteiger partial charge in [0.25, 0.3) is 0 Å². The van der Waals surface area contributed by atoms with Crippen molar-refractivity contribution in [2.45, 2.75) is 49.9 Å². The smallest absolute Gasteiger partial charge is 0.350 e. The number of aromatic nitrogens is 3. The summed E-state index contributed by atoms with van der Waals surface area (Å²) in [6.07, 6.45) is -1.24. The van der Waals surface area contributed by atoms with Gasteiger partial charge in [0.05, 0.1) is 0 Å². The van der Waals surface area contributed by atoms with Gasteiger partial charge in [-0.2, -0.15) is 23.4 Å². The van der Waals surface area contributed by atoms with Gasteiger partial charge in [0.2, 0.25) is 5.95 Å². The van der Waals surface area contributed by atoms with Crippen molar-refractivity contribution >= 4 is 5.95 Å². The van der Waals surface area contributed by atoms with Gasteiger partial charge in [0, 0.05) is 30.6 Å². The SMILES string of the molecule is N#CN1C[C@H]2CC[C@@H](C1)C2Nc1nc2n(n1)C(C(F)(F)F)CCC2c1ccc(F)c(F)c1F. The number of likely N-dealkylation sites (tertiary alicyclic amines) is 1. The molecular formula is C21H20F6N6. The molecule has 1 saturated carbocycles. The number of halogens is 6. The molecule has 33 heavy (non-hydrogen) atoms. The van der Waals surface area contributed by atoms with Gasteiger partial charge < -0.3 is 10.2 Å². The van der Waals surface area contributed by atoms with Crippen LogP contribution in [0.3, 0.4) is 0 Å².